The number of methoxy groups -OCH3 is 2. The molecule has 0 heterocycles. The maximum atomic E-state index is 12.0. The van der Waals surface area contributed by atoms with Gasteiger partial charge in [0, 0.05) is 16.1 Å². The molecule has 0 unspecified atom stereocenters. The van der Waals surface area contributed by atoms with Crippen LogP contribution >= 0.6 is 34.8 Å². The number of benzene rings is 2. The Kier molecular flexibility index (Phi) is 6.97. The van der Waals surface area contributed by atoms with Crippen molar-refractivity contribution in [1.82, 2.24) is 0 Å². The summed E-state index contributed by atoms with van der Waals surface area (Å²) < 4.78 is 15.2. The molecule has 0 aliphatic heterocycles. The summed E-state index contributed by atoms with van der Waals surface area (Å²) in [6.45, 7) is -0.518. The van der Waals surface area contributed by atoms with Gasteiger partial charge < -0.3 is 19.5 Å². The van der Waals surface area contributed by atoms with Crippen LogP contribution in [0.2, 0.25) is 15.1 Å². The van der Waals surface area contributed by atoms with Gasteiger partial charge in [-0.3, -0.25) is 4.79 Å². The zero-order chi connectivity index (χ0) is 19.3. The second kappa shape index (κ2) is 8.98. The van der Waals surface area contributed by atoms with Crippen molar-refractivity contribution in [2.45, 2.75) is 0 Å². The summed E-state index contributed by atoms with van der Waals surface area (Å²) in [6.07, 6.45) is 0. The third-order valence-corrected chi connectivity index (χ3v) is 3.91. The van der Waals surface area contributed by atoms with Gasteiger partial charge in [0.05, 0.1) is 30.5 Å². The summed E-state index contributed by atoms with van der Waals surface area (Å²) in [6, 6.07) is 7.25. The van der Waals surface area contributed by atoms with E-state index in [4.69, 9.17) is 49.0 Å². The highest BCUT2D eigenvalue weighted by Crippen LogP contribution is 2.35. The van der Waals surface area contributed by atoms with E-state index in [0.717, 1.165) is 0 Å². The fourth-order valence-electron chi connectivity index (χ4n) is 2.03. The van der Waals surface area contributed by atoms with Gasteiger partial charge in [-0.2, -0.15) is 0 Å². The van der Waals surface area contributed by atoms with Crippen molar-refractivity contribution < 1.29 is 23.8 Å². The number of ether oxygens (including phenoxy) is 3. The predicted molar refractivity (Wildman–Crippen MR) is 99.9 cm³/mol. The molecular formula is C17H14Cl3NO5. The zero-order valence-electron chi connectivity index (χ0n) is 13.8. The molecular weight excluding hydrogens is 405 g/mol. The molecule has 0 saturated heterocycles. The number of hydrogen-bond acceptors (Lipinski definition) is 5. The number of hydrogen-bond donors (Lipinski definition) is 1. The van der Waals surface area contributed by atoms with Crippen LogP contribution in [-0.2, 0) is 9.53 Å². The summed E-state index contributed by atoms with van der Waals surface area (Å²) in [7, 11) is 2.89. The topological polar surface area (TPSA) is 73.9 Å². The number of amides is 1. The van der Waals surface area contributed by atoms with Gasteiger partial charge >= 0.3 is 5.97 Å². The van der Waals surface area contributed by atoms with Crippen molar-refractivity contribution in [2.75, 3.05) is 26.1 Å². The van der Waals surface area contributed by atoms with Gasteiger partial charge in [-0.05, 0) is 24.3 Å². The Labute approximate surface area is 164 Å². The highest BCUT2D eigenvalue weighted by Gasteiger charge is 2.15. The number of anilines is 1. The Bertz CT molecular complexity index is 821. The molecule has 0 aliphatic rings. The second-order valence-corrected chi connectivity index (χ2v) is 6.25. The predicted octanol–water partition coefficient (Wildman–Crippen LogP) is 4.46. The highest BCUT2D eigenvalue weighted by molar-refractivity contribution is 6.35. The average molecular weight is 419 g/mol. The van der Waals surface area contributed by atoms with Crippen molar-refractivity contribution in [3.63, 3.8) is 0 Å². The largest absolute Gasteiger partial charge is 0.495 e. The highest BCUT2D eigenvalue weighted by atomic mass is 35.5. The van der Waals surface area contributed by atoms with Gasteiger partial charge in [0.1, 0.15) is 11.5 Å². The third-order valence-electron chi connectivity index (χ3n) is 3.18. The van der Waals surface area contributed by atoms with E-state index < -0.39 is 18.5 Å². The van der Waals surface area contributed by atoms with Gasteiger partial charge in [-0.1, -0.05) is 34.8 Å². The van der Waals surface area contributed by atoms with Crippen molar-refractivity contribution in [2.24, 2.45) is 0 Å². The minimum Gasteiger partial charge on any atom is -0.495 e. The van der Waals surface area contributed by atoms with Crippen molar-refractivity contribution >= 4 is 52.4 Å². The molecule has 0 aromatic heterocycles. The molecule has 2 rings (SSSR count). The first kappa shape index (κ1) is 20.2. The molecule has 2 aromatic carbocycles. The van der Waals surface area contributed by atoms with Crippen LogP contribution in [0.1, 0.15) is 10.4 Å². The standard InChI is InChI=1S/C17H14Cl3NO5/c1-24-14-7-15(25-2)13(6-12(14)20)21-16(22)8-26-17(23)9-3-10(18)5-11(19)4-9/h3-7H,8H2,1-2H3,(H,21,22). The molecule has 0 saturated carbocycles. The molecule has 2 aromatic rings. The molecule has 0 spiro atoms. The van der Waals surface area contributed by atoms with Crippen LogP contribution < -0.4 is 14.8 Å². The van der Waals surface area contributed by atoms with E-state index in [1.807, 2.05) is 0 Å². The number of rotatable bonds is 6. The lowest BCUT2D eigenvalue weighted by Crippen LogP contribution is -2.21. The molecule has 9 heteroatoms. The van der Waals surface area contributed by atoms with E-state index in [9.17, 15) is 9.59 Å². The molecule has 26 heavy (non-hydrogen) atoms. The molecule has 1 N–H and O–H groups in total. The summed E-state index contributed by atoms with van der Waals surface area (Å²) in [5.41, 5.74) is 0.450. The molecule has 0 radical (unpaired) electrons. The fraction of sp³-hybridized carbons (Fsp3) is 0.176. The first-order chi connectivity index (χ1) is 12.3. The Morgan fingerprint density at radius 1 is 0.923 bits per heavy atom. The van der Waals surface area contributed by atoms with Crippen molar-refractivity contribution in [3.8, 4) is 11.5 Å². The van der Waals surface area contributed by atoms with Crippen LogP contribution in [0.15, 0.2) is 30.3 Å². The lowest BCUT2D eigenvalue weighted by atomic mass is 10.2. The van der Waals surface area contributed by atoms with Crippen LogP contribution in [-0.4, -0.2) is 32.7 Å². The Morgan fingerprint density at radius 3 is 2.12 bits per heavy atom. The number of halogens is 3. The minimum atomic E-state index is -0.732. The van der Waals surface area contributed by atoms with E-state index in [1.54, 1.807) is 0 Å². The molecule has 1 amide bonds. The van der Waals surface area contributed by atoms with Crippen LogP contribution in [0.3, 0.4) is 0 Å². The van der Waals surface area contributed by atoms with Gasteiger partial charge in [-0.25, -0.2) is 4.79 Å². The summed E-state index contributed by atoms with van der Waals surface area (Å²) in [5, 5.41) is 3.40. The van der Waals surface area contributed by atoms with Gasteiger partial charge in [0.25, 0.3) is 5.91 Å². The second-order valence-electron chi connectivity index (χ2n) is 4.97. The number of nitrogens with one attached hydrogen (secondary N) is 1. The van der Waals surface area contributed by atoms with Crippen molar-refractivity contribution in [3.05, 3.63) is 51.0 Å². The molecule has 0 fully saturated rings. The van der Waals surface area contributed by atoms with Crippen LogP contribution in [0.4, 0.5) is 5.69 Å². The first-order valence-corrected chi connectivity index (χ1v) is 8.32. The SMILES string of the molecule is COc1cc(OC)c(NC(=O)COC(=O)c2cc(Cl)cc(Cl)c2)cc1Cl. The Hall–Kier alpha value is -2.15. The Morgan fingerprint density at radius 2 is 1.54 bits per heavy atom. The van der Waals surface area contributed by atoms with E-state index in [0.29, 0.717) is 17.2 Å². The van der Waals surface area contributed by atoms with E-state index in [1.165, 1.54) is 44.6 Å². The average Bonchev–Trinajstić information content (AvgIpc) is 2.59. The quantitative estimate of drug-likeness (QED) is 0.701. The summed E-state index contributed by atoms with van der Waals surface area (Å²) >= 11 is 17.7. The van der Waals surface area contributed by atoms with Crippen LogP contribution in [0, 0.1) is 0 Å². The minimum absolute atomic E-state index is 0.139. The molecule has 0 aliphatic carbocycles. The fourth-order valence-corrected chi connectivity index (χ4v) is 2.80. The number of carbonyl (C=O) groups excluding carboxylic acids is 2. The van der Waals surface area contributed by atoms with Gasteiger partial charge in [-0.15, -0.1) is 0 Å². The smallest absolute Gasteiger partial charge is 0.338 e. The maximum Gasteiger partial charge on any atom is 0.338 e. The van der Waals surface area contributed by atoms with Crippen LogP contribution in [0.5, 0.6) is 11.5 Å². The third kappa shape index (κ3) is 5.17. The molecule has 0 bridgehead atoms. The maximum absolute atomic E-state index is 12.0. The first-order valence-electron chi connectivity index (χ1n) is 7.18. The van der Waals surface area contributed by atoms with Crippen molar-refractivity contribution in [1.29, 1.82) is 0 Å². The van der Waals surface area contributed by atoms with Gasteiger partial charge in [0.15, 0.2) is 6.61 Å². The van der Waals surface area contributed by atoms with Crippen LogP contribution in [0.25, 0.3) is 0 Å². The molecule has 6 nitrogen and oxygen atoms in total. The number of esters is 1. The zero-order valence-corrected chi connectivity index (χ0v) is 16.0. The molecule has 0 atom stereocenters. The Balaban J connectivity index is 2.03. The number of carbonyl (C=O) groups is 2. The van der Waals surface area contributed by atoms with E-state index >= 15 is 0 Å². The monoisotopic (exact) mass is 417 g/mol. The normalized spacial score (nSPS) is 10.2. The van der Waals surface area contributed by atoms with Gasteiger partial charge in [0.2, 0.25) is 0 Å². The van der Waals surface area contributed by atoms with E-state index in [-0.39, 0.29) is 20.6 Å². The summed E-state index contributed by atoms with van der Waals surface area (Å²) in [5.74, 6) is -0.575. The molecule has 138 valence electrons. The lowest BCUT2D eigenvalue weighted by molar-refractivity contribution is -0.119. The lowest BCUT2D eigenvalue weighted by Gasteiger charge is -2.13. The van der Waals surface area contributed by atoms with E-state index in [2.05, 4.69) is 5.32 Å². The summed E-state index contributed by atoms with van der Waals surface area (Å²) in [4.78, 5) is 24.0.